The molecule has 154 valence electrons. The van der Waals surface area contributed by atoms with Crippen LogP contribution in [0.4, 0.5) is 11.4 Å². The van der Waals surface area contributed by atoms with Crippen molar-refractivity contribution in [3.63, 3.8) is 0 Å². The fraction of sp³-hybridized carbons (Fsp3) is 0.273. The summed E-state index contributed by atoms with van der Waals surface area (Å²) in [6.07, 6.45) is 2.01. The molecular weight excluding hydrogens is 386 g/mol. The molecule has 1 aliphatic heterocycles. The standard InChI is InChI=1S/C22H21N3O5/c1-15-18(23-21(30-15)16-7-3-2-4-8-16)14-29-22(26)17-9-10-19(20(13-17)25(27)28)24-11-5-6-12-24/h2-4,7-10,13H,5-6,11-12,14H2,1H3. The van der Waals surface area contributed by atoms with Crippen LogP contribution in [0.3, 0.4) is 0 Å². The average Bonchev–Trinajstić information content (AvgIpc) is 3.42. The molecule has 2 heterocycles. The van der Waals surface area contributed by atoms with Gasteiger partial charge in [-0.25, -0.2) is 9.78 Å². The predicted octanol–water partition coefficient (Wildman–Crippen LogP) is 4.52. The summed E-state index contributed by atoms with van der Waals surface area (Å²) in [7, 11) is 0. The first-order valence-electron chi connectivity index (χ1n) is 9.75. The van der Waals surface area contributed by atoms with Gasteiger partial charge in [0.05, 0.1) is 10.5 Å². The number of hydrogen-bond acceptors (Lipinski definition) is 7. The molecule has 0 N–H and O–H groups in total. The fourth-order valence-corrected chi connectivity index (χ4v) is 3.51. The monoisotopic (exact) mass is 407 g/mol. The van der Waals surface area contributed by atoms with Crippen LogP contribution in [0, 0.1) is 17.0 Å². The lowest BCUT2D eigenvalue weighted by Gasteiger charge is -2.17. The van der Waals surface area contributed by atoms with Gasteiger partial charge >= 0.3 is 5.97 Å². The van der Waals surface area contributed by atoms with E-state index in [1.54, 1.807) is 19.1 Å². The normalized spacial score (nSPS) is 13.4. The van der Waals surface area contributed by atoms with Crippen molar-refractivity contribution in [2.75, 3.05) is 18.0 Å². The van der Waals surface area contributed by atoms with Crippen LogP contribution < -0.4 is 4.90 Å². The number of esters is 1. The van der Waals surface area contributed by atoms with E-state index in [4.69, 9.17) is 9.15 Å². The molecule has 1 aromatic heterocycles. The molecule has 0 radical (unpaired) electrons. The van der Waals surface area contributed by atoms with Crippen LogP contribution in [-0.2, 0) is 11.3 Å². The Bertz CT molecular complexity index is 1070. The highest BCUT2D eigenvalue weighted by Crippen LogP contribution is 2.32. The minimum absolute atomic E-state index is 0.0807. The summed E-state index contributed by atoms with van der Waals surface area (Å²) in [4.78, 5) is 29.9. The van der Waals surface area contributed by atoms with Crippen LogP contribution in [0.1, 0.15) is 34.7 Å². The number of aromatic nitrogens is 1. The van der Waals surface area contributed by atoms with Crippen molar-refractivity contribution in [1.82, 2.24) is 4.98 Å². The van der Waals surface area contributed by atoms with Crippen LogP contribution in [0.2, 0.25) is 0 Å². The number of carbonyl (C=O) groups is 1. The van der Waals surface area contributed by atoms with Crippen molar-refractivity contribution in [2.24, 2.45) is 0 Å². The Hall–Kier alpha value is -3.68. The summed E-state index contributed by atoms with van der Waals surface area (Å²) in [5, 5.41) is 11.5. The lowest BCUT2D eigenvalue weighted by atomic mass is 10.1. The molecule has 3 aromatic rings. The number of aryl methyl sites for hydroxylation is 1. The molecule has 0 spiro atoms. The maximum atomic E-state index is 12.5. The van der Waals surface area contributed by atoms with Gasteiger partial charge in [0.1, 0.15) is 23.7 Å². The molecule has 30 heavy (non-hydrogen) atoms. The van der Waals surface area contributed by atoms with Gasteiger partial charge in [0.15, 0.2) is 0 Å². The molecular formula is C22H21N3O5. The summed E-state index contributed by atoms with van der Waals surface area (Å²) in [6.45, 7) is 3.22. The van der Waals surface area contributed by atoms with Crippen molar-refractivity contribution < 1.29 is 18.9 Å². The number of rotatable bonds is 6. The zero-order chi connectivity index (χ0) is 21.1. The first-order chi connectivity index (χ1) is 14.5. The summed E-state index contributed by atoms with van der Waals surface area (Å²) >= 11 is 0. The van der Waals surface area contributed by atoms with E-state index in [9.17, 15) is 14.9 Å². The number of oxazole rings is 1. The molecule has 1 aliphatic rings. The predicted molar refractivity (Wildman–Crippen MR) is 110 cm³/mol. The van der Waals surface area contributed by atoms with E-state index in [1.165, 1.54) is 6.07 Å². The Morgan fingerprint density at radius 1 is 1.20 bits per heavy atom. The Morgan fingerprint density at radius 3 is 2.63 bits per heavy atom. The topological polar surface area (TPSA) is 98.7 Å². The third kappa shape index (κ3) is 4.03. The van der Waals surface area contributed by atoms with Crippen molar-refractivity contribution in [1.29, 1.82) is 0 Å². The Labute approximate surface area is 173 Å². The molecule has 0 atom stereocenters. The Kier molecular flexibility index (Phi) is 5.47. The van der Waals surface area contributed by atoms with E-state index in [2.05, 4.69) is 4.98 Å². The summed E-state index contributed by atoms with van der Waals surface area (Å²) in [5.74, 6) is 0.358. The SMILES string of the molecule is Cc1oc(-c2ccccc2)nc1COC(=O)c1ccc(N2CCCC2)c([N+](=O)[O-])c1. The first-order valence-corrected chi connectivity index (χ1v) is 9.75. The number of nitro groups is 1. The molecule has 8 nitrogen and oxygen atoms in total. The fourth-order valence-electron chi connectivity index (χ4n) is 3.51. The van der Waals surface area contributed by atoms with Gasteiger partial charge in [-0.05, 0) is 44.0 Å². The number of nitrogens with zero attached hydrogens (tertiary/aromatic N) is 3. The van der Waals surface area contributed by atoms with Gasteiger partial charge < -0.3 is 14.1 Å². The van der Waals surface area contributed by atoms with E-state index < -0.39 is 10.9 Å². The maximum Gasteiger partial charge on any atom is 0.338 e. The third-order valence-electron chi connectivity index (χ3n) is 5.11. The molecule has 1 fully saturated rings. The average molecular weight is 407 g/mol. The second kappa shape index (κ2) is 8.36. The van der Waals surface area contributed by atoms with Crippen molar-refractivity contribution in [2.45, 2.75) is 26.4 Å². The molecule has 0 saturated carbocycles. The van der Waals surface area contributed by atoms with E-state index in [0.717, 1.165) is 31.5 Å². The van der Waals surface area contributed by atoms with Crippen molar-refractivity contribution >= 4 is 17.3 Å². The summed E-state index contributed by atoms with van der Waals surface area (Å²) < 4.78 is 11.0. The molecule has 2 aromatic carbocycles. The zero-order valence-corrected chi connectivity index (χ0v) is 16.5. The number of benzene rings is 2. The molecule has 8 heteroatoms. The summed E-state index contributed by atoms with van der Waals surface area (Å²) in [5.41, 5.74) is 1.91. The molecule has 0 unspecified atom stereocenters. The lowest BCUT2D eigenvalue weighted by molar-refractivity contribution is -0.384. The first kappa shape index (κ1) is 19.6. The molecule has 1 saturated heterocycles. The quantitative estimate of drug-likeness (QED) is 0.337. The van der Waals surface area contributed by atoms with Crippen molar-refractivity contribution in [3.05, 3.63) is 75.7 Å². The number of anilines is 1. The van der Waals surface area contributed by atoms with Gasteiger partial charge in [0.2, 0.25) is 5.89 Å². The highest BCUT2D eigenvalue weighted by atomic mass is 16.6. The number of hydrogen-bond donors (Lipinski definition) is 0. The van der Waals surface area contributed by atoms with Gasteiger partial charge in [-0.2, -0.15) is 0 Å². The van der Waals surface area contributed by atoms with Crippen LogP contribution >= 0.6 is 0 Å². The molecule has 0 aliphatic carbocycles. The molecule has 4 rings (SSSR count). The Balaban J connectivity index is 1.49. The second-order valence-corrected chi connectivity index (χ2v) is 7.12. The molecule has 0 bridgehead atoms. The van der Waals surface area contributed by atoms with Gasteiger partial charge in [0.25, 0.3) is 5.69 Å². The lowest BCUT2D eigenvalue weighted by Crippen LogP contribution is -2.19. The van der Waals surface area contributed by atoms with Crippen LogP contribution in [0.15, 0.2) is 52.9 Å². The van der Waals surface area contributed by atoms with E-state index in [0.29, 0.717) is 23.0 Å². The number of ether oxygens (including phenoxy) is 1. The second-order valence-electron chi connectivity index (χ2n) is 7.12. The third-order valence-corrected chi connectivity index (χ3v) is 5.11. The van der Waals surface area contributed by atoms with Gasteiger partial charge in [0, 0.05) is 24.7 Å². The summed E-state index contributed by atoms with van der Waals surface area (Å²) in [6, 6.07) is 13.9. The van der Waals surface area contributed by atoms with Crippen LogP contribution in [0.25, 0.3) is 11.5 Å². The van der Waals surface area contributed by atoms with Crippen LogP contribution in [-0.4, -0.2) is 29.0 Å². The van der Waals surface area contributed by atoms with Crippen molar-refractivity contribution in [3.8, 4) is 11.5 Å². The minimum atomic E-state index is -0.644. The maximum absolute atomic E-state index is 12.5. The highest BCUT2D eigenvalue weighted by Gasteiger charge is 2.24. The van der Waals surface area contributed by atoms with E-state index in [-0.39, 0.29) is 17.9 Å². The minimum Gasteiger partial charge on any atom is -0.455 e. The van der Waals surface area contributed by atoms with E-state index >= 15 is 0 Å². The molecule has 0 amide bonds. The van der Waals surface area contributed by atoms with Gasteiger partial charge in [-0.1, -0.05) is 18.2 Å². The smallest absolute Gasteiger partial charge is 0.338 e. The van der Waals surface area contributed by atoms with Crippen LogP contribution in [0.5, 0.6) is 0 Å². The zero-order valence-electron chi connectivity index (χ0n) is 16.5. The van der Waals surface area contributed by atoms with E-state index in [1.807, 2.05) is 35.2 Å². The highest BCUT2D eigenvalue weighted by molar-refractivity contribution is 5.91. The number of nitro benzene ring substituents is 1. The number of carbonyl (C=O) groups excluding carboxylic acids is 1. The van der Waals surface area contributed by atoms with Gasteiger partial charge in [-0.3, -0.25) is 10.1 Å². The van der Waals surface area contributed by atoms with Gasteiger partial charge in [-0.15, -0.1) is 0 Å². The largest absolute Gasteiger partial charge is 0.455 e. The Morgan fingerprint density at radius 2 is 1.93 bits per heavy atom.